The zero-order valence-electron chi connectivity index (χ0n) is 14.9. The van der Waals surface area contributed by atoms with E-state index in [4.69, 9.17) is 18.9 Å². The van der Waals surface area contributed by atoms with Crippen molar-refractivity contribution < 1.29 is 28.5 Å². The maximum absolute atomic E-state index is 11.8. The number of methoxy groups -OCH3 is 2. The lowest BCUT2D eigenvalue weighted by molar-refractivity contribution is -0.147. The Balaban J connectivity index is 2.80. The second-order valence-electron chi connectivity index (χ2n) is 5.90. The topological polar surface area (TPSA) is 71.1 Å². The van der Waals surface area contributed by atoms with Gasteiger partial charge in [0.25, 0.3) is 0 Å². The largest absolute Gasteiger partial charge is 0.463 e. The molecule has 1 heterocycles. The molecule has 136 valence electrons. The standard InChI is InChI=1S/C18H28O6/c1-13-7-5-9-17(19)24-12-16(22-4)14(2)8-6-10-18(20)23-11-15(13)21-3/h5-8,13-16H,9-12H2,1-4H3/b7-5+,8-6+/t13-,14-,15+,16+/m1/s1. The van der Waals surface area contributed by atoms with E-state index < -0.39 is 0 Å². The number of hydrogen-bond acceptors (Lipinski definition) is 6. The van der Waals surface area contributed by atoms with Crippen molar-refractivity contribution in [2.24, 2.45) is 11.8 Å². The van der Waals surface area contributed by atoms with Crippen molar-refractivity contribution >= 4 is 11.9 Å². The molecule has 0 aliphatic carbocycles. The molecule has 0 N–H and O–H groups in total. The maximum Gasteiger partial charge on any atom is 0.309 e. The van der Waals surface area contributed by atoms with E-state index in [1.165, 1.54) is 0 Å². The van der Waals surface area contributed by atoms with Crippen molar-refractivity contribution in [1.82, 2.24) is 0 Å². The highest BCUT2D eigenvalue weighted by atomic mass is 16.6. The molecule has 0 saturated heterocycles. The third-order valence-corrected chi connectivity index (χ3v) is 4.04. The molecule has 6 heteroatoms. The molecule has 1 rings (SSSR count). The van der Waals surface area contributed by atoms with Gasteiger partial charge in [-0.25, -0.2) is 0 Å². The Kier molecular flexibility index (Phi) is 9.34. The van der Waals surface area contributed by atoms with Crippen LogP contribution in [0.5, 0.6) is 0 Å². The first kappa shape index (κ1) is 20.4. The maximum atomic E-state index is 11.8. The summed E-state index contributed by atoms with van der Waals surface area (Å²) in [5.74, 6) is -0.593. The van der Waals surface area contributed by atoms with Crippen molar-refractivity contribution in [3.05, 3.63) is 24.3 Å². The SMILES string of the molecule is CO[C@H]1COC(=O)C/C=C/[C@@H](C)[C@@H](OC)COC(=O)C/C=C/[C@H]1C. The predicted molar refractivity (Wildman–Crippen MR) is 89.4 cm³/mol. The molecule has 0 aromatic rings. The van der Waals surface area contributed by atoms with Gasteiger partial charge in [0.15, 0.2) is 0 Å². The molecule has 0 aromatic carbocycles. The molecular weight excluding hydrogens is 312 g/mol. The molecule has 0 spiro atoms. The zero-order valence-corrected chi connectivity index (χ0v) is 14.9. The molecule has 0 bridgehead atoms. The number of esters is 2. The molecule has 0 fully saturated rings. The van der Waals surface area contributed by atoms with Crippen molar-refractivity contribution in [3.8, 4) is 0 Å². The fraction of sp³-hybridized carbons (Fsp3) is 0.667. The Hall–Kier alpha value is -1.66. The lowest BCUT2D eigenvalue weighted by atomic mass is 10.0. The Morgan fingerprint density at radius 3 is 1.54 bits per heavy atom. The molecule has 4 atom stereocenters. The van der Waals surface area contributed by atoms with Crippen molar-refractivity contribution in [2.45, 2.75) is 38.9 Å². The lowest BCUT2D eigenvalue weighted by Gasteiger charge is -2.21. The minimum absolute atomic E-state index is 0.00536. The van der Waals surface area contributed by atoms with Gasteiger partial charge in [-0.3, -0.25) is 9.59 Å². The number of rotatable bonds is 2. The average Bonchev–Trinajstić information content (AvgIpc) is 2.55. The molecule has 0 radical (unpaired) electrons. The minimum Gasteiger partial charge on any atom is -0.463 e. The van der Waals surface area contributed by atoms with E-state index in [-0.39, 0.29) is 62.0 Å². The van der Waals surface area contributed by atoms with Crippen LogP contribution in [0.25, 0.3) is 0 Å². The van der Waals surface area contributed by atoms with E-state index >= 15 is 0 Å². The van der Waals surface area contributed by atoms with Gasteiger partial charge < -0.3 is 18.9 Å². The van der Waals surface area contributed by atoms with Crippen LogP contribution in [0.15, 0.2) is 24.3 Å². The van der Waals surface area contributed by atoms with Crippen molar-refractivity contribution in [3.63, 3.8) is 0 Å². The third kappa shape index (κ3) is 7.27. The summed E-state index contributed by atoms with van der Waals surface area (Å²) in [5.41, 5.74) is 0. The molecule has 0 aromatic heterocycles. The number of carbonyl (C=O) groups is 2. The summed E-state index contributed by atoms with van der Waals surface area (Å²) in [5, 5.41) is 0. The highest BCUT2D eigenvalue weighted by molar-refractivity contribution is 5.71. The van der Waals surface area contributed by atoms with Crippen molar-refractivity contribution in [2.75, 3.05) is 27.4 Å². The van der Waals surface area contributed by atoms with Crippen LogP contribution in [-0.4, -0.2) is 51.6 Å². The predicted octanol–water partition coefficient (Wildman–Crippen LogP) is 2.28. The molecule has 24 heavy (non-hydrogen) atoms. The smallest absolute Gasteiger partial charge is 0.309 e. The van der Waals surface area contributed by atoms with Gasteiger partial charge in [-0.2, -0.15) is 0 Å². The van der Waals surface area contributed by atoms with E-state index in [1.54, 1.807) is 26.4 Å². The van der Waals surface area contributed by atoms with Crippen LogP contribution >= 0.6 is 0 Å². The van der Waals surface area contributed by atoms with E-state index in [0.717, 1.165) is 0 Å². The molecule has 0 saturated carbocycles. The first-order valence-electron chi connectivity index (χ1n) is 8.18. The molecule has 1 aliphatic heterocycles. The number of cyclic esters (lactones) is 2. The van der Waals surface area contributed by atoms with Gasteiger partial charge in [-0.15, -0.1) is 0 Å². The van der Waals surface area contributed by atoms with Gasteiger partial charge in [0.05, 0.1) is 25.0 Å². The molecule has 0 unspecified atom stereocenters. The third-order valence-electron chi connectivity index (χ3n) is 4.04. The summed E-state index contributed by atoms with van der Waals surface area (Å²) in [6.07, 6.45) is 7.08. The molecule has 1 aliphatic rings. The zero-order chi connectivity index (χ0) is 17.9. The highest BCUT2D eigenvalue weighted by Crippen LogP contribution is 2.13. The second-order valence-corrected chi connectivity index (χ2v) is 5.90. The monoisotopic (exact) mass is 340 g/mol. The Morgan fingerprint density at radius 2 is 1.21 bits per heavy atom. The van der Waals surface area contributed by atoms with Gasteiger partial charge in [-0.05, 0) is 0 Å². The van der Waals surface area contributed by atoms with Gasteiger partial charge in [0.1, 0.15) is 13.2 Å². The molecule has 0 amide bonds. The van der Waals surface area contributed by atoms with Crippen LogP contribution in [0.2, 0.25) is 0 Å². The van der Waals surface area contributed by atoms with Gasteiger partial charge in [0.2, 0.25) is 0 Å². The van der Waals surface area contributed by atoms with E-state index in [1.807, 2.05) is 26.0 Å². The van der Waals surface area contributed by atoms with Gasteiger partial charge >= 0.3 is 11.9 Å². The molecule has 6 nitrogen and oxygen atoms in total. The van der Waals surface area contributed by atoms with E-state index in [9.17, 15) is 9.59 Å². The Morgan fingerprint density at radius 1 is 0.833 bits per heavy atom. The summed E-state index contributed by atoms with van der Waals surface area (Å²) in [4.78, 5) is 23.6. The minimum atomic E-state index is -0.302. The van der Waals surface area contributed by atoms with E-state index in [2.05, 4.69) is 0 Å². The summed E-state index contributed by atoms with van der Waals surface area (Å²) in [6, 6.07) is 0. The van der Waals surface area contributed by atoms with Gasteiger partial charge in [-0.1, -0.05) is 38.2 Å². The van der Waals surface area contributed by atoms with E-state index in [0.29, 0.717) is 0 Å². The van der Waals surface area contributed by atoms with Crippen LogP contribution in [0.4, 0.5) is 0 Å². The lowest BCUT2D eigenvalue weighted by Crippen LogP contribution is -2.27. The Labute approximate surface area is 143 Å². The summed E-state index contributed by atoms with van der Waals surface area (Å²) < 4.78 is 21.2. The van der Waals surface area contributed by atoms with Gasteiger partial charge in [0, 0.05) is 26.1 Å². The van der Waals surface area contributed by atoms with Crippen LogP contribution in [-0.2, 0) is 28.5 Å². The highest BCUT2D eigenvalue weighted by Gasteiger charge is 2.19. The van der Waals surface area contributed by atoms with Crippen LogP contribution in [0, 0.1) is 11.8 Å². The fourth-order valence-electron chi connectivity index (χ4n) is 2.34. The number of hydrogen-bond donors (Lipinski definition) is 0. The summed E-state index contributed by atoms with van der Waals surface area (Å²) in [6.45, 7) is 4.23. The number of carbonyl (C=O) groups excluding carboxylic acids is 2. The normalized spacial score (nSPS) is 33.3. The van der Waals surface area contributed by atoms with Crippen molar-refractivity contribution in [1.29, 1.82) is 0 Å². The average molecular weight is 340 g/mol. The fourth-order valence-corrected chi connectivity index (χ4v) is 2.34. The Bertz CT molecular complexity index is 414. The first-order valence-corrected chi connectivity index (χ1v) is 8.18. The second kappa shape index (κ2) is 11.0. The summed E-state index contributed by atoms with van der Waals surface area (Å²) >= 11 is 0. The summed E-state index contributed by atoms with van der Waals surface area (Å²) in [7, 11) is 3.14. The van der Waals surface area contributed by atoms with Crippen LogP contribution in [0.1, 0.15) is 26.7 Å². The number of ether oxygens (including phenoxy) is 4. The van der Waals surface area contributed by atoms with Crippen LogP contribution in [0.3, 0.4) is 0 Å². The molecular formula is C18H28O6. The quantitative estimate of drug-likeness (QED) is 0.567. The van der Waals surface area contributed by atoms with Crippen LogP contribution < -0.4 is 0 Å². The first-order chi connectivity index (χ1) is 11.5.